The average molecular weight is 425 g/mol. The van der Waals surface area contributed by atoms with Gasteiger partial charge in [-0.05, 0) is 25.5 Å². The van der Waals surface area contributed by atoms with Crippen LogP contribution in [0.5, 0.6) is 0 Å². The van der Waals surface area contributed by atoms with Gasteiger partial charge in [-0.1, -0.05) is 32.0 Å². The van der Waals surface area contributed by atoms with Gasteiger partial charge in [-0.3, -0.25) is 14.4 Å². The van der Waals surface area contributed by atoms with E-state index in [9.17, 15) is 14.4 Å². The molecule has 0 aliphatic carbocycles. The largest absolute Gasteiger partial charge is 0.368 e. The summed E-state index contributed by atoms with van der Waals surface area (Å²) in [5.74, 6) is -0.946. The van der Waals surface area contributed by atoms with Crippen molar-refractivity contribution in [3.63, 3.8) is 0 Å². The van der Waals surface area contributed by atoms with Crippen LogP contribution in [0.25, 0.3) is 0 Å². The summed E-state index contributed by atoms with van der Waals surface area (Å²) in [6.07, 6.45) is 0.662. The number of likely N-dealkylation sites (N-methyl/N-ethyl adjacent to an activating group) is 1. The third-order valence-electron chi connectivity index (χ3n) is 5.47. The van der Waals surface area contributed by atoms with E-state index in [0.717, 1.165) is 5.56 Å². The third-order valence-corrected chi connectivity index (χ3v) is 5.47. The number of primary amides is 1. The molecule has 0 aromatic heterocycles. The summed E-state index contributed by atoms with van der Waals surface area (Å²) in [6.45, 7) is 4.25. The molecule has 2 aliphatic heterocycles. The molecule has 3 atom stereocenters. The Morgan fingerprint density at radius 3 is 2.69 bits per heavy atom. The zero-order valence-electron chi connectivity index (χ0n) is 16.9. The predicted molar refractivity (Wildman–Crippen MR) is 111 cm³/mol. The number of likely N-dealkylation sites (tertiary alicyclic amines) is 1. The number of nitrogens with one attached hydrogen (secondary N) is 2. The average Bonchev–Trinajstić information content (AvgIpc) is 3.00. The lowest BCUT2D eigenvalue weighted by molar-refractivity contribution is -0.144. The van der Waals surface area contributed by atoms with E-state index in [4.69, 9.17) is 10.5 Å². The Bertz CT molecular complexity index is 787. The summed E-state index contributed by atoms with van der Waals surface area (Å²) in [5.41, 5.74) is 5.81. The Morgan fingerprint density at radius 2 is 2.07 bits per heavy atom. The molecule has 1 fully saturated rings. The Kier molecular flexibility index (Phi) is 7.26. The van der Waals surface area contributed by atoms with Crippen molar-refractivity contribution < 1.29 is 19.1 Å². The van der Waals surface area contributed by atoms with Gasteiger partial charge in [0.25, 0.3) is 5.91 Å². The lowest BCUT2D eigenvalue weighted by atomic mass is 9.98. The van der Waals surface area contributed by atoms with Gasteiger partial charge in [-0.2, -0.15) is 0 Å². The normalized spacial score (nSPS) is 24.5. The summed E-state index contributed by atoms with van der Waals surface area (Å²) >= 11 is 0. The number of benzene rings is 1. The number of carbonyl (C=O) groups is 3. The second-order valence-electron chi connectivity index (χ2n) is 7.95. The van der Waals surface area contributed by atoms with Crippen LogP contribution in [0.15, 0.2) is 24.3 Å². The number of halogens is 1. The fraction of sp³-hybridized carbons (Fsp3) is 0.550. The smallest absolute Gasteiger partial charge is 0.258 e. The number of anilines is 1. The van der Waals surface area contributed by atoms with Crippen LogP contribution in [0.4, 0.5) is 5.69 Å². The van der Waals surface area contributed by atoms with Gasteiger partial charge in [0.05, 0.1) is 19.2 Å². The number of nitrogens with two attached hydrogens (primary N) is 1. The van der Waals surface area contributed by atoms with Gasteiger partial charge in [0.1, 0.15) is 6.04 Å². The fourth-order valence-corrected chi connectivity index (χ4v) is 3.93. The molecular formula is C20H29ClN4O4. The van der Waals surface area contributed by atoms with Crippen molar-refractivity contribution in [2.45, 2.75) is 51.0 Å². The number of para-hydroxylation sites is 1. The molecule has 2 aliphatic rings. The maximum Gasteiger partial charge on any atom is 0.258 e. The van der Waals surface area contributed by atoms with E-state index in [1.165, 1.54) is 4.90 Å². The molecule has 4 N–H and O–H groups in total. The van der Waals surface area contributed by atoms with Crippen molar-refractivity contribution in [2.24, 2.45) is 11.7 Å². The zero-order chi connectivity index (χ0) is 20.5. The van der Waals surface area contributed by atoms with E-state index in [-0.39, 0.29) is 49.7 Å². The highest BCUT2D eigenvalue weighted by atomic mass is 35.5. The number of nitrogens with zero attached hydrogens (tertiary/aromatic N) is 1. The van der Waals surface area contributed by atoms with E-state index in [2.05, 4.69) is 10.6 Å². The lowest BCUT2D eigenvalue weighted by Crippen LogP contribution is -2.52. The first-order valence-corrected chi connectivity index (χ1v) is 9.58. The van der Waals surface area contributed by atoms with Crippen LogP contribution in [0, 0.1) is 5.92 Å². The van der Waals surface area contributed by atoms with Crippen LogP contribution in [0.3, 0.4) is 0 Å². The Labute approximate surface area is 176 Å². The van der Waals surface area contributed by atoms with Gasteiger partial charge in [-0.15, -0.1) is 12.4 Å². The molecule has 1 saturated heterocycles. The quantitative estimate of drug-likeness (QED) is 0.653. The molecule has 160 valence electrons. The number of amides is 3. The molecule has 1 aromatic rings. The molecule has 3 amide bonds. The van der Waals surface area contributed by atoms with E-state index < -0.39 is 23.6 Å². The second-order valence-corrected chi connectivity index (χ2v) is 7.95. The monoisotopic (exact) mass is 424 g/mol. The molecule has 0 bridgehead atoms. The fourth-order valence-electron chi connectivity index (χ4n) is 3.93. The molecule has 0 saturated carbocycles. The van der Waals surface area contributed by atoms with Crippen molar-refractivity contribution in [2.75, 3.05) is 18.9 Å². The number of hydrogen-bond acceptors (Lipinski definition) is 5. The van der Waals surface area contributed by atoms with Crippen LogP contribution in [-0.2, 0) is 25.7 Å². The highest BCUT2D eigenvalue weighted by molar-refractivity contribution is 6.01. The number of ether oxygens (including phenoxy) is 1. The third kappa shape index (κ3) is 4.55. The van der Waals surface area contributed by atoms with Crippen LogP contribution in [0.1, 0.15) is 32.3 Å². The molecule has 8 nitrogen and oxygen atoms in total. The molecule has 2 heterocycles. The van der Waals surface area contributed by atoms with Gasteiger partial charge >= 0.3 is 0 Å². The first kappa shape index (κ1) is 23.1. The van der Waals surface area contributed by atoms with Crippen molar-refractivity contribution >= 4 is 35.8 Å². The van der Waals surface area contributed by atoms with Crippen LogP contribution in [-0.4, -0.2) is 53.9 Å². The van der Waals surface area contributed by atoms with Crippen molar-refractivity contribution in [3.05, 3.63) is 29.8 Å². The summed E-state index contributed by atoms with van der Waals surface area (Å²) in [7, 11) is 1.71. The van der Waals surface area contributed by atoms with Gasteiger partial charge in [0, 0.05) is 17.7 Å². The number of rotatable bonds is 5. The van der Waals surface area contributed by atoms with E-state index in [1.54, 1.807) is 13.1 Å². The SMILES string of the molecule is CN[C@@H](CC(C)C)C(=O)N1CC2(C[C@H]1C(N)=O)OCc1ccccc1NC2=O.Cl. The van der Waals surface area contributed by atoms with Crippen molar-refractivity contribution in [1.82, 2.24) is 10.2 Å². The highest BCUT2D eigenvalue weighted by Crippen LogP contribution is 2.36. The minimum absolute atomic E-state index is 0. The molecule has 1 aromatic carbocycles. The Balaban J connectivity index is 0.00000300. The van der Waals surface area contributed by atoms with E-state index in [0.29, 0.717) is 12.1 Å². The number of hydrogen-bond donors (Lipinski definition) is 3. The van der Waals surface area contributed by atoms with Gasteiger partial charge in [-0.25, -0.2) is 0 Å². The predicted octanol–water partition coefficient (Wildman–Crippen LogP) is 1.04. The van der Waals surface area contributed by atoms with E-state index >= 15 is 0 Å². The lowest BCUT2D eigenvalue weighted by Gasteiger charge is -2.29. The van der Waals surface area contributed by atoms with Gasteiger partial charge < -0.3 is 26.0 Å². The van der Waals surface area contributed by atoms with Crippen molar-refractivity contribution in [3.8, 4) is 0 Å². The molecule has 1 unspecified atom stereocenters. The van der Waals surface area contributed by atoms with Gasteiger partial charge in [0.15, 0.2) is 5.60 Å². The molecule has 29 heavy (non-hydrogen) atoms. The number of fused-ring (bicyclic) bond motifs is 1. The maximum absolute atomic E-state index is 13.1. The Morgan fingerprint density at radius 1 is 1.38 bits per heavy atom. The van der Waals surface area contributed by atoms with Crippen molar-refractivity contribution in [1.29, 1.82) is 0 Å². The molecule has 9 heteroatoms. The molecule has 3 rings (SSSR count). The second kappa shape index (κ2) is 9.11. The number of carbonyl (C=O) groups excluding carboxylic acids is 3. The standard InChI is InChI=1S/C20H28N4O4.ClH/c1-12(2)8-15(22-3)18(26)24-11-20(9-16(24)17(21)25)19(27)23-14-7-5-4-6-13(14)10-28-20;/h4-7,12,15-16,22H,8-11H2,1-3H3,(H2,21,25)(H,23,27);1H/t15-,16-,20?;/m0./s1. The molecular weight excluding hydrogens is 396 g/mol. The first-order valence-electron chi connectivity index (χ1n) is 9.58. The maximum atomic E-state index is 13.1. The van der Waals surface area contributed by atoms with Crippen LogP contribution >= 0.6 is 12.4 Å². The molecule has 1 spiro atoms. The Hall–Kier alpha value is -2.16. The highest BCUT2D eigenvalue weighted by Gasteiger charge is 2.55. The van der Waals surface area contributed by atoms with Gasteiger partial charge in [0.2, 0.25) is 11.8 Å². The topological polar surface area (TPSA) is 114 Å². The van der Waals surface area contributed by atoms with Crippen LogP contribution < -0.4 is 16.4 Å². The zero-order valence-corrected chi connectivity index (χ0v) is 17.8. The summed E-state index contributed by atoms with van der Waals surface area (Å²) < 4.78 is 6.01. The summed E-state index contributed by atoms with van der Waals surface area (Å²) in [5, 5.41) is 5.89. The molecule has 0 radical (unpaired) electrons. The summed E-state index contributed by atoms with van der Waals surface area (Å²) in [4.78, 5) is 39.7. The minimum Gasteiger partial charge on any atom is -0.368 e. The minimum atomic E-state index is -1.30. The first-order chi connectivity index (χ1) is 13.3. The summed E-state index contributed by atoms with van der Waals surface area (Å²) in [6, 6.07) is 6.03. The van der Waals surface area contributed by atoms with Crippen LogP contribution in [0.2, 0.25) is 0 Å². The van der Waals surface area contributed by atoms with E-state index in [1.807, 2.05) is 32.0 Å².